The smallest absolute Gasteiger partial charge is 0.272 e. The van der Waals surface area contributed by atoms with Crippen LogP contribution in [0.25, 0.3) is 10.9 Å². The SMILES string of the molecule is O=C(Nc1ccc(N2CCCC2=O)cc1)c1cc2c(F)cccc2[nH]1. The monoisotopic (exact) mass is 337 g/mol. The van der Waals surface area contributed by atoms with Crippen molar-refractivity contribution in [3.63, 3.8) is 0 Å². The molecule has 25 heavy (non-hydrogen) atoms. The third-order valence-electron chi connectivity index (χ3n) is 4.37. The molecule has 0 unspecified atom stereocenters. The second-order valence-electron chi connectivity index (χ2n) is 6.03. The van der Waals surface area contributed by atoms with Gasteiger partial charge in [0.1, 0.15) is 11.5 Å². The third kappa shape index (κ3) is 2.87. The van der Waals surface area contributed by atoms with Gasteiger partial charge in [-0.3, -0.25) is 9.59 Å². The van der Waals surface area contributed by atoms with Crippen LogP contribution in [0.3, 0.4) is 0 Å². The van der Waals surface area contributed by atoms with Gasteiger partial charge < -0.3 is 15.2 Å². The summed E-state index contributed by atoms with van der Waals surface area (Å²) in [5, 5.41) is 3.16. The highest BCUT2D eigenvalue weighted by Gasteiger charge is 2.21. The summed E-state index contributed by atoms with van der Waals surface area (Å²) in [7, 11) is 0. The van der Waals surface area contributed by atoms with Crippen LogP contribution in [0.5, 0.6) is 0 Å². The van der Waals surface area contributed by atoms with Gasteiger partial charge in [0.05, 0.1) is 0 Å². The van der Waals surface area contributed by atoms with Crippen molar-refractivity contribution in [2.45, 2.75) is 12.8 Å². The summed E-state index contributed by atoms with van der Waals surface area (Å²) < 4.78 is 13.7. The number of rotatable bonds is 3. The van der Waals surface area contributed by atoms with E-state index in [0.717, 1.165) is 18.7 Å². The maximum absolute atomic E-state index is 13.7. The number of nitrogens with zero attached hydrogens (tertiary/aromatic N) is 1. The van der Waals surface area contributed by atoms with Crippen molar-refractivity contribution in [1.29, 1.82) is 0 Å². The fourth-order valence-corrected chi connectivity index (χ4v) is 3.08. The maximum Gasteiger partial charge on any atom is 0.272 e. The van der Waals surface area contributed by atoms with E-state index in [4.69, 9.17) is 0 Å². The van der Waals surface area contributed by atoms with Crippen LogP contribution < -0.4 is 10.2 Å². The first kappa shape index (κ1) is 15.4. The number of nitrogens with one attached hydrogen (secondary N) is 2. The Morgan fingerprint density at radius 3 is 2.64 bits per heavy atom. The highest BCUT2D eigenvalue weighted by Crippen LogP contribution is 2.24. The number of hydrogen-bond acceptors (Lipinski definition) is 2. The van der Waals surface area contributed by atoms with Crippen molar-refractivity contribution in [2.75, 3.05) is 16.8 Å². The Morgan fingerprint density at radius 2 is 1.96 bits per heavy atom. The van der Waals surface area contributed by atoms with Crippen molar-refractivity contribution in [3.8, 4) is 0 Å². The van der Waals surface area contributed by atoms with Gasteiger partial charge in [-0.1, -0.05) is 6.07 Å². The fraction of sp³-hybridized carbons (Fsp3) is 0.158. The topological polar surface area (TPSA) is 65.2 Å². The minimum atomic E-state index is -0.368. The van der Waals surface area contributed by atoms with E-state index < -0.39 is 0 Å². The molecule has 0 aliphatic carbocycles. The Bertz CT molecular complexity index is 962. The van der Waals surface area contributed by atoms with Crippen LogP contribution in [-0.4, -0.2) is 23.3 Å². The third-order valence-corrected chi connectivity index (χ3v) is 4.37. The molecule has 5 nitrogen and oxygen atoms in total. The van der Waals surface area contributed by atoms with Gasteiger partial charge >= 0.3 is 0 Å². The number of amides is 2. The predicted octanol–water partition coefficient (Wildman–Crippen LogP) is 3.69. The average molecular weight is 337 g/mol. The quantitative estimate of drug-likeness (QED) is 0.765. The van der Waals surface area contributed by atoms with Gasteiger partial charge in [0.15, 0.2) is 0 Å². The Kier molecular flexibility index (Phi) is 3.72. The molecule has 1 saturated heterocycles. The Hall–Kier alpha value is -3.15. The molecule has 0 atom stereocenters. The molecule has 4 rings (SSSR count). The minimum Gasteiger partial charge on any atom is -0.350 e. The summed E-state index contributed by atoms with van der Waals surface area (Å²) in [4.78, 5) is 28.8. The summed E-state index contributed by atoms with van der Waals surface area (Å²) in [5.74, 6) is -0.593. The van der Waals surface area contributed by atoms with E-state index in [1.165, 1.54) is 12.1 Å². The molecule has 0 spiro atoms. The first-order valence-electron chi connectivity index (χ1n) is 8.11. The molecule has 1 fully saturated rings. The summed E-state index contributed by atoms with van der Waals surface area (Å²) in [6, 6.07) is 13.3. The number of carbonyl (C=O) groups excluding carboxylic acids is 2. The van der Waals surface area contributed by atoms with Crippen molar-refractivity contribution in [1.82, 2.24) is 4.98 Å². The molecule has 3 aromatic rings. The number of aromatic nitrogens is 1. The number of halogens is 1. The number of H-pyrrole nitrogens is 1. The Morgan fingerprint density at radius 1 is 1.16 bits per heavy atom. The Balaban J connectivity index is 1.52. The van der Waals surface area contributed by atoms with Crippen LogP contribution >= 0.6 is 0 Å². The highest BCUT2D eigenvalue weighted by atomic mass is 19.1. The van der Waals surface area contributed by atoms with E-state index in [1.807, 2.05) is 12.1 Å². The number of benzene rings is 2. The lowest BCUT2D eigenvalue weighted by Gasteiger charge is -2.16. The molecule has 2 N–H and O–H groups in total. The molecule has 0 radical (unpaired) electrons. The van der Waals surface area contributed by atoms with Crippen LogP contribution in [0.2, 0.25) is 0 Å². The van der Waals surface area contributed by atoms with Gasteiger partial charge in [-0.25, -0.2) is 4.39 Å². The second-order valence-corrected chi connectivity index (χ2v) is 6.03. The lowest BCUT2D eigenvalue weighted by Crippen LogP contribution is -2.23. The molecule has 126 valence electrons. The van der Waals surface area contributed by atoms with Crippen molar-refractivity contribution in [3.05, 3.63) is 60.0 Å². The number of hydrogen-bond donors (Lipinski definition) is 2. The molecule has 0 saturated carbocycles. The molecule has 1 aliphatic heterocycles. The molecule has 2 heterocycles. The molecular formula is C19H16FN3O2. The molecule has 6 heteroatoms. The van der Waals surface area contributed by atoms with E-state index in [9.17, 15) is 14.0 Å². The van der Waals surface area contributed by atoms with Crippen LogP contribution in [0.15, 0.2) is 48.5 Å². The molecule has 1 aromatic heterocycles. The van der Waals surface area contributed by atoms with Gasteiger partial charge in [-0.15, -0.1) is 0 Å². The largest absolute Gasteiger partial charge is 0.350 e. The minimum absolute atomic E-state index is 0.122. The Labute approximate surface area is 143 Å². The van der Waals surface area contributed by atoms with E-state index >= 15 is 0 Å². The zero-order chi connectivity index (χ0) is 17.4. The number of anilines is 2. The van der Waals surface area contributed by atoms with Crippen LogP contribution in [0.1, 0.15) is 23.3 Å². The summed E-state index contributed by atoms with van der Waals surface area (Å²) in [6.07, 6.45) is 1.45. The fourth-order valence-electron chi connectivity index (χ4n) is 3.08. The van der Waals surface area contributed by atoms with Crippen molar-refractivity contribution < 1.29 is 14.0 Å². The van der Waals surface area contributed by atoms with Gasteiger partial charge in [-0.05, 0) is 48.9 Å². The number of fused-ring (bicyclic) bond motifs is 1. The van der Waals surface area contributed by atoms with Gasteiger partial charge in [0, 0.05) is 35.2 Å². The van der Waals surface area contributed by atoms with Crippen molar-refractivity contribution >= 4 is 34.1 Å². The zero-order valence-corrected chi connectivity index (χ0v) is 13.4. The van der Waals surface area contributed by atoms with E-state index in [-0.39, 0.29) is 17.6 Å². The molecule has 2 aromatic carbocycles. The highest BCUT2D eigenvalue weighted by molar-refractivity contribution is 6.06. The standard InChI is InChI=1S/C19H16FN3O2/c20-15-3-1-4-16-14(15)11-17(22-16)19(25)21-12-6-8-13(9-7-12)23-10-2-5-18(23)24/h1,3-4,6-9,11,22H,2,5,10H2,(H,21,25). The predicted molar refractivity (Wildman–Crippen MR) is 94.2 cm³/mol. The first-order valence-corrected chi connectivity index (χ1v) is 8.11. The molecule has 2 amide bonds. The van der Waals surface area contributed by atoms with E-state index in [2.05, 4.69) is 10.3 Å². The first-order chi connectivity index (χ1) is 12.1. The van der Waals surface area contributed by atoms with E-state index in [0.29, 0.717) is 28.7 Å². The summed E-state index contributed by atoms with van der Waals surface area (Å²) in [6.45, 7) is 0.727. The normalized spacial score (nSPS) is 14.3. The number of carbonyl (C=O) groups is 2. The maximum atomic E-state index is 13.7. The number of aromatic amines is 1. The summed E-state index contributed by atoms with van der Waals surface area (Å²) in [5.41, 5.74) is 2.31. The second kappa shape index (κ2) is 6.05. The van der Waals surface area contributed by atoms with Crippen LogP contribution in [0, 0.1) is 5.82 Å². The van der Waals surface area contributed by atoms with Crippen molar-refractivity contribution in [2.24, 2.45) is 0 Å². The molecular weight excluding hydrogens is 321 g/mol. The summed E-state index contributed by atoms with van der Waals surface area (Å²) >= 11 is 0. The average Bonchev–Trinajstić information content (AvgIpc) is 3.23. The lowest BCUT2D eigenvalue weighted by molar-refractivity contribution is -0.117. The van der Waals surface area contributed by atoms with Crippen LogP contribution in [-0.2, 0) is 4.79 Å². The zero-order valence-electron chi connectivity index (χ0n) is 13.4. The van der Waals surface area contributed by atoms with E-state index in [1.54, 1.807) is 29.2 Å². The van der Waals surface area contributed by atoms with Gasteiger partial charge in [0.25, 0.3) is 5.91 Å². The van der Waals surface area contributed by atoms with Gasteiger partial charge in [-0.2, -0.15) is 0 Å². The van der Waals surface area contributed by atoms with Crippen LogP contribution in [0.4, 0.5) is 15.8 Å². The van der Waals surface area contributed by atoms with Gasteiger partial charge in [0.2, 0.25) is 5.91 Å². The lowest BCUT2D eigenvalue weighted by atomic mass is 10.2. The molecule has 0 bridgehead atoms. The molecule has 1 aliphatic rings.